The molecule has 0 spiro atoms. The zero-order valence-electron chi connectivity index (χ0n) is 14.3. The van der Waals surface area contributed by atoms with Crippen molar-refractivity contribution < 1.29 is 62.1 Å². The monoisotopic (exact) mass is 405 g/mol. The van der Waals surface area contributed by atoms with Gasteiger partial charge in [0.1, 0.15) is 0 Å². The van der Waals surface area contributed by atoms with Gasteiger partial charge in [0.25, 0.3) is 23.9 Å². The molecule has 0 amide bonds. The Labute approximate surface area is 151 Å². The van der Waals surface area contributed by atoms with Gasteiger partial charge in [0.05, 0.1) is 0 Å². The molecule has 0 aromatic heterocycles. The van der Waals surface area contributed by atoms with Gasteiger partial charge in [-0.25, -0.2) is 0 Å². The Morgan fingerprint density at radius 1 is 0.667 bits per heavy atom. The van der Waals surface area contributed by atoms with Gasteiger partial charge in [0, 0.05) is 44.8 Å². The number of carbonyl (C=O) groups is 4. The van der Waals surface area contributed by atoms with Crippen LogP contribution in [0.25, 0.3) is 0 Å². The van der Waals surface area contributed by atoms with E-state index >= 15 is 0 Å². The molecule has 0 atom stereocenters. The normalized spacial score (nSPS) is 5.92. The van der Waals surface area contributed by atoms with E-state index in [1.54, 1.807) is 0 Å². The SMILES string of the molecule is CC(=O)O.CC(=O)O.CC(=O)O.CC(=O)O.N.NCCCN.O.[Fe]. The first-order valence-corrected chi connectivity index (χ1v) is 5.53. The van der Waals surface area contributed by atoms with Crippen molar-refractivity contribution in [1.29, 1.82) is 0 Å². The van der Waals surface area contributed by atoms with Crippen LogP contribution >= 0.6 is 0 Å². The summed E-state index contributed by atoms with van der Waals surface area (Å²) in [4.78, 5) is 36.0. The number of aliphatic carboxylic acids is 4. The minimum Gasteiger partial charge on any atom is -0.481 e. The van der Waals surface area contributed by atoms with Crippen molar-refractivity contribution in [3.8, 4) is 0 Å². The Morgan fingerprint density at radius 3 is 0.750 bits per heavy atom. The van der Waals surface area contributed by atoms with Crippen molar-refractivity contribution in [2.75, 3.05) is 13.1 Å². The van der Waals surface area contributed by atoms with Crippen LogP contribution in [-0.2, 0) is 36.2 Å². The van der Waals surface area contributed by atoms with Gasteiger partial charge in [-0.05, 0) is 19.5 Å². The molecule has 0 saturated heterocycles. The zero-order valence-corrected chi connectivity index (χ0v) is 15.4. The van der Waals surface area contributed by atoms with Crippen molar-refractivity contribution in [2.24, 2.45) is 11.5 Å². The Bertz CT molecular complexity index is 213. The van der Waals surface area contributed by atoms with Gasteiger partial charge < -0.3 is 43.5 Å². The molecule has 24 heavy (non-hydrogen) atoms. The molecule has 0 aliphatic rings. The zero-order chi connectivity index (χ0) is 18.4. The molecule has 13 heteroatoms. The summed E-state index contributed by atoms with van der Waals surface area (Å²) < 4.78 is 0. The van der Waals surface area contributed by atoms with Crippen LogP contribution in [0.4, 0.5) is 0 Å². The standard InChI is InChI=1S/C3H10N2.4C2H4O2.Fe.H3N.H2O/c4-2-1-3-5;4*1-2(3)4;;;/h1-5H2;4*1H3,(H,3,4);;1H3;1H2. The molecule has 0 fully saturated rings. The largest absolute Gasteiger partial charge is 0.481 e. The summed E-state index contributed by atoms with van der Waals surface area (Å²) in [6.45, 7) is 5.77. The second-order valence-corrected chi connectivity index (χ2v) is 3.01. The third kappa shape index (κ3) is 131000. The summed E-state index contributed by atoms with van der Waals surface area (Å²) in [6.07, 6.45) is 0.944. The van der Waals surface area contributed by atoms with E-state index in [0.29, 0.717) is 0 Å². The fourth-order valence-electron chi connectivity index (χ4n) is 0.118. The Balaban J connectivity index is -0.0000000216. The maximum atomic E-state index is 9.00. The summed E-state index contributed by atoms with van der Waals surface area (Å²) >= 11 is 0. The van der Waals surface area contributed by atoms with Crippen LogP contribution in [0.3, 0.4) is 0 Å². The van der Waals surface area contributed by atoms with Crippen LogP contribution < -0.4 is 17.6 Å². The molecule has 0 aromatic carbocycles. The van der Waals surface area contributed by atoms with Crippen molar-refractivity contribution in [1.82, 2.24) is 6.15 Å². The van der Waals surface area contributed by atoms with Crippen molar-refractivity contribution in [3.05, 3.63) is 0 Å². The molecule has 0 aliphatic heterocycles. The molecule has 152 valence electrons. The first kappa shape index (κ1) is 49.5. The topological polar surface area (TPSA) is 268 Å². The van der Waals surface area contributed by atoms with E-state index in [1.165, 1.54) is 0 Å². The second kappa shape index (κ2) is 49.6. The van der Waals surface area contributed by atoms with Gasteiger partial charge in [0.2, 0.25) is 0 Å². The average Bonchev–Trinajstić information content (AvgIpc) is 2.14. The number of nitrogens with two attached hydrogens (primary N) is 2. The Hall–Kier alpha value is -1.76. The van der Waals surface area contributed by atoms with Crippen molar-refractivity contribution in [2.45, 2.75) is 34.1 Å². The number of hydrogen-bond acceptors (Lipinski definition) is 7. The van der Waals surface area contributed by atoms with Crippen molar-refractivity contribution in [3.63, 3.8) is 0 Å². The molecule has 0 radical (unpaired) electrons. The van der Waals surface area contributed by atoms with Gasteiger partial charge in [-0.1, -0.05) is 0 Å². The van der Waals surface area contributed by atoms with E-state index in [4.69, 9.17) is 51.1 Å². The Kier molecular flexibility index (Phi) is 102. The third-order valence-electron chi connectivity index (χ3n) is 0.408. The molecule has 0 unspecified atom stereocenters. The predicted molar refractivity (Wildman–Crippen MR) is 84.6 cm³/mol. The maximum absolute atomic E-state index is 9.00. The summed E-state index contributed by atoms with van der Waals surface area (Å²) in [6, 6.07) is 0. The first-order chi connectivity index (χ1) is 9.34. The van der Waals surface area contributed by atoms with Crippen LogP contribution in [0.1, 0.15) is 34.1 Å². The molecule has 0 aliphatic carbocycles. The number of rotatable bonds is 2. The maximum Gasteiger partial charge on any atom is 0.300 e. The average molecular weight is 405 g/mol. The molecule has 12 nitrogen and oxygen atoms in total. The first-order valence-electron chi connectivity index (χ1n) is 5.53. The predicted octanol–water partition coefficient (Wildman–Crippen LogP) is -1.01. The Morgan fingerprint density at radius 2 is 0.750 bits per heavy atom. The van der Waals surface area contributed by atoms with Gasteiger partial charge in [-0.2, -0.15) is 0 Å². The summed E-state index contributed by atoms with van der Waals surface area (Å²) in [5.74, 6) is -3.33. The molecule has 13 N–H and O–H groups in total. The fourth-order valence-corrected chi connectivity index (χ4v) is 0.118. The molecular formula is C11H31FeN3O9. The van der Waals surface area contributed by atoms with Crippen LogP contribution in [0.15, 0.2) is 0 Å². The van der Waals surface area contributed by atoms with E-state index < -0.39 is 23.9 Å². The minimum absolute atomic E-state index is 0. The summed E-state index contributed by atoms with van der Waals surface area (Å²) in [7, 11) is 0. The smallest absolute Gasteiger partial charge is 0.300 e. The molecule has 0 aromatic rings. The number of carboxylic acids is 4. The molecule has 0 bridgehead atoms. The van der Waals surface area contributed by atoms with Gasteiger partial charge in [-0.15, -0.1) is 0 Å². The van der Waals surface area contributed by atoms with E-state index in [0.717, 1.165) is 47.2 Å². The molecule has 0 rings (SSSR count). The van der Waals surface area contributed by atoms with Gasteiger partial charge in [0.15, 0.2) is 0 Å². The van der Waals surface area contributed by atoms with E-state index in [9.17, 15) is 0 Å². The third-order valence-corrected chi connectivity index (χ3v) is 0.408. The van der Waals surface area contributed by atoms with Gasteiger partial charge >= 0.3 is 0 Å². The quantitative estimate of drug-likeness (QED) is 0.273. The molecular weight excluding hydrogens is 374 g/mol. The summed E-state index contributed by atoms with van der Waals surface area (Å²) in [5.41, 5.74) is 10.1. The minimum atomic E-state index is -0.833. The molecule has 0 saturated carbocycles. The van der Waals surface area contributed by atoms with Crippen LogP contribution in [0.2, 0.25) is 0 Å². The van der Waals surface area contributed by atoms with E-state index in [1.807, 2.05) is 0 Å². The van der Waals surface area contributed by atoms with Crippen LogP contribution in [0, 0.1) is 0 Å². The van der Waals surface area contributed by atoms with E-state index in [-0.39, 0.29) is 28.7 Å². The number of hydrogen-bond donors (Lipinski definition) is 7. The molecule has 0 heterocycles. The van der Waals surface area contributed by atoms with Crippen LogP contribution in [-0.4, -0.2) is 62.9 Å². The second-order valence-electron chi connectivity index (χ2n) is 3.01. The van der Waals surface area contributed by atoms with E-state index in [2.05, 4.69) is 0 Å². The number of carboxylic acid groups (broad SMARTS) is 4. The van der Waals surface area contributed by atoms with Crippen molar-refractivity contribution >= 4 is 23.9 Å². The van der Waals surface area contributed by atoms with Gasteiger partial charge in [-0.3, -0.25) is 19.2 Å². The van der Waals surface area contributed by atoms with Crippen LogP contribution in [0.5, 0.6) is 0 Å². The fraction of sp³-hybridized carbons (Fsp3) is 0.636. The summed E-state index contributed by atoms with van der Waals surface area (Å²) in [5, 5.41) is 29.7.